The fourth-order valence-electron chi connectivity index (χ4n) is 4.69. The fraction of sp³-hybridized carbons (Fsp3) is 0.619. The standard InChI is InChI=1S/C21H29N3O5S/c1-2-29-19-6-4-3-5-18(19)24-14-16(13-20(24)25)21(26)23-10-8-22(9-11-23)17-7-12-30(27,28)15-17/h3-6,16-17H,2,7-15H2,1H3. The molecule has 1 aromatic carbocycles. The molecular formula is C21H29N3O5S. The van der Waals surface area contributed by atoms with Crippen molar-refractivity contribution in [3.05, 3.63) is 24.3 Å². The van der Waals surface area contributed by atoms with Gasteiger partial charge in [-0.15, -0.1) is 0 Å². The van der Waals surface area contributed by atoms with Crippen molar-refractivity contribution in [2.24, 2.45) is 5.92 Å². The average molecular weight is 436 g/mol. The molecule has 0 bridgehead atoms. The molecule has 3 heterocycles. The molecule has 2 atom stereocenters. The molecule has 0 aromatic heterocycles. The van der Waals surface area contributed by atoms with Crippen molar-refractivity contribution < 1.29 is 22.7 Å². The highest BCUT2D eigenvalue weighted by molar-refractivity contribution is 7.91. The zero-order chi connectivity index (χ0) is 21.3. The molecule has 2 amide bonds. The van der Waals surface area contributed by atoms with Crippen LogP contribution in [0.15, 0.2) is 24.3 Å². The first-order valence-electron chi connectivity index (χ1n) is 10.6. The number of ether oxygens (including phenoxy) is 1. The summed E-state index contributed by atoms with van der Waals surface area (Å²) in [6, 6.07) is 7.49. The van der Waals surface area contributed by atoms with Crippen molar-refractivity contribution >= 4 is 27.3 Å². The number of nitrogens with zero attached hydrogens (tertiary/aromatic N) is 3. The molecular weight excluding hydrogens is 406 g/mol. The molecule has 0 saturated carbocycles. The Labute approximate surface area is 177 Å². The first kappa shape index (κ1) is 21.1. The Bertz CT molecular complexity index is 911. The Morgan fingerprint density at radius 1 is 1.17 bits per heavy atom. The Balaban J connectivity index is 1.36. The summed E-state index contributed by atoms with van der Waals surface area (Å²) in [5.74, 6) is 0.743. The Morgan fingerprint density at radius 2 is 1.90 bits per heavy atom. The molecule has 3 saturated heterocycles. The molecule has 164 valence electrons. The lowest BCUT2D eigenvalue weighted by Crippen LogP contribution is -2.53. The van der Waals surface area contributed by atoms with E-state index in [0.717, 1.165) is 0 Å². The molecule has 3 aliphatic rings. The number of carbonyl (C=O) groups excluding carboxylic acids is 2. The van der Waals surface area contributed by atoms with Crippen LogP contribution in [0.25, 0.3) is 0 Å². The van der Waals surface area contributed by atoms with Gasteiger partial charge in [0.05, 0.1) is 29.7 Å². The predicted octanol–water partition coefficient (Wildman–Crippen LogP) is 0.770. The Morgan fingerprint density at radius 3 is 2.57 bits per heavy atom. The van der Waals surface area contributed by atoms with Crippen molar-refractivity contribution in [2.75, 3.05) is 55.7 Å². The highest BCUT2D eigenvalue weighted by Gasteiger charge is 2.40. The number of sulfone groups is 1. The molecule has 3 aliphatic heterocycles. The van der Waals surface area contributed by atoms with Crippen molar-refractivity contribution in [1.82, 2.24) is 9.80 Å². The van der Waals surface area contributed by atoms with E-state index in [2.05, 4.69) is 4.90 Å². The Hall–Kier alpha value is -2.13. The predicted molar refractivity (Wildman–Crippen MR) is 113 cm³/mol. The fourth-order valence-corrected chi connectivity index (χ4v) is 6.45. The van der Waals surface area contributed by atoms with Crippen LogP contribution in [-0.4, -0.2) is 86.9 Å². The molecule has 0 aliphatic carbocycles. The van der Waals surface area contributed by atoms with Crippen LogP contribution in [0.3, 0.4) is 0 Å². The number of rotatable bonds is 5. The van der Waals surface area contributed by atoms with E-state index in [0.29, 0.717) is 57.2 Å². The minimum atomic E-state index is -2.91. The van der Waals surface area contributed by atoms with E-state index in [1.807, 2.05) is 36.1 Å². The topological polar surface area (TPSA) is 87.2 Å². The molecule has 4 rings (SSSR count). The van der Waals surface area contributed by atoms with E-state index in [-0.39, 0.29) is 41.7 Å². The maximum absolute atomic E-state index is 13.1. The minimum Gasteiger partial charge on any atom is -0.492 e. The van der Waals surface area contributed by atoms with Crippen molar-refractivity contribution in [1.29, 1.82) is 0 Å². The highest BCUT2D eigenvalue weighted by Crippen LogP contribution is 2.33. The van der Waals surface area contributed by atoms with Gasteiger partial charge in [0.25, 0.3) is 0 Å². The molecule has 2 unspecified atom stereocenters. The Kier molecular flexibility index (Phi) is 6.02. The second-order valence-electron chi connectivity index (χ2n) is 8.22. The zero-order valence-electron chi connectivity index (χ0n) is 17.3. The quantitative estimate of drug-likeness (QED) is 0.679. The van der Waals surface area contributed by atoms with Crippen LogP contribution < -0.4 is 9.64 Å². The summed E-state index contributed by atoms with van der Waals surface area (Å²) in [6.45, 7) is 5.30. The number of anilines is 1. The third-order valence-electron chi connectivity index (χ3n) is 6.28. The SMILES string of the molecule is CCOc1ccccc1N1CC(C(=O)N2CCN(C3CCS(=O)(=O)C3)CC2)CC1=O. The number of piperazine rings is 1. The van der Waals surface area contributed by atoms with Crippen LogP contribution in [0, 0.1) is 5.92 Å². The first-order chi connectivity index (χ1) is 14.4. The third kappa shape index (κ3) is 4.32. The summed E-state index contributed by atoms with van der Waals surface area (Å²) < 4.78 is 29.1. The van der Waals surface area contributed by atoms with E-state index in [1.165, 1.54) is 0 Å². The van der Waals surface area contributed by atoms with Crippen LogP contribution in [0.1, 0.15) is 19.8 Å². The van der Waals surface area contributed by atoms with Gasteiger partial charge in [-0.1, -0.05) is 12.1 Å². The van der Waals surface area contributed by atoms with E-state index in [1.54, 1.807) is 4.90 Å². The van der Waals surface area contributed by atoms with Crippen molar-refractivity contribution in [3.8, 4) is 5.75 Å². The molecule has 0 N–H and O–H groups in total. The second kappa shape index (κ2) is 8.55. The van der Waals surface area contributed by atoms with Gasteiger partial charge in [-0.3, -0.25) is 14.5 Å². The molecule has 0 spiro atoms. The molecule has 8 nitrogen and oxygen atoms in total. The number of benzene rings is 1. The van der Waals surface area contributed by atoms with Gasteiger partial charge in [-0.25, -0.2) is 8.42 Å². The number of hydrogen-bond donors (Lipinski definition) is 0. The minimum absolute atomic E-state index is 0.0124. The van der Waals surface area contributed by atoms with Crippen LogP contribution in [0.2, 0.25) is 0 Å². The van der Waals surface area contributed by atoms with Crippen molar-refractivity contribution in [3.63, 3.8) is 0 Å². The van der Waals surface area contributed by atoms with E-state index in [4.69, 9.17) is 4.74 Å². The van der Waals surface area contributed by atoms with Gasteiger partial charge in [0.1, 0.15) is 5.75 Å². The van der Waals surface area contributed by atoms with Gasteiger partial charge in [-0.05, 0) is 25.5 Å². The highest BCUT2D eigenvalue weighted by atomic mass is 32.2. The summed E-state index contributed by atoms with van der Waals surface area (Å²) >= 11 is 0. The van der Waals surface area contributed by atoms with Gasteiger partial charge < -0.3 is 14.5 Å². The zero-order valence-corrected chi connectivity index (χ0v) is 18.1. The normalized spacial score (nSPS) is 26.9. The monoisotopic (exact) mass is 435 g/mol. The second-order valence-corrected chi connectivity index (χ2v) is 10.5. The number of amides is 2. The lowest BCUT2D eigenvalue weighted by Gasteiger charge is -2.38. The van der Waals surface area contributed by atoms with E-state index in [9.17, 15) is 18.0 Å². The molecule has 1 aromatic rings. The lowest BCUT2D eigenvalue weighted by atomic mass is 10.1. The number of hydrogen-bond acceptors (Lipinski definition) is 6. The van der Waals surface area contributed by atoms with E-state index >= 15 is 0 Å². The van der Waals surface area contributed by atoms with Gasteiger partial charge in [0, 0.05) is 45.2 Å². The first-order valence-corrected chi connectivity index (χ1v) is 12.5. The summed E-state index contributed by atoms with van der Waals surface area (Å²) in [4.78, 5) is 31.4. The maximum Gasteiger partial charge on any atom is 0.228 e. The van der Waals surface area contributed by atoms with Gasteiger partial charge in [-0.2, -0.15) is 0 Å². The van der Waals surface area contributed by atoms with Crippen LogP contribution in [-0.2, 0) is 19.4 Å². The smallest absolute Gasteiger partial charge is 0.228 e. The van der Waals surface area contributed by atoms with Crippen LogP contribution in [0.5, 0.6) is 5.75 Å². The average Bonchev–Trinajstić information content (AvgIpc) is 3.30. The number of carbonyl (C=O) groups is 2. The van der Waals surface area contributed by atoms with Crippen LogP contribution >= 0.6 is 0 Å². The maximum atomic E-state index is 13.1. The third-order valence-corrected chi connectivity index (χ3v) is 8.03. The summed E-state index contributed by atoms with van der Waals surface area (Å²) in [6.07, 6.45) is 0.891. The van der Waals surface area contributed by atoms with Gasteiger partial charge in [0.2, 0.25) is 11.8 Å². The van der Waals surface area contributed by atoms with E-state index < -0.39 is 9.84 Å². The summed E-state index contributed by atoms with van der Waals surface area (Å²) in [5, 5.41) is 0. The molecule has 0 radical (unpaired) electrons. The summed E-state index contributed by atoms with van der Waals surface area (Å²) in [7, 11) is -2.91. The molecule has 9 heteroatoms. The lowest BCUT2D eigenvalue weighted by molar-refractivity contribution is -0.137. The summed E-state index contributed by atoms with van der Waals surface area (Å²) in [5.41, 5.74) is 0.715. The molecule has 3 fully saturated rings. The van der Waals surface area contributed by atoms with Crippen molar-refractivity contribution in [2.45, 2.75) is 25.8 Å². The number of para-hydroxylation sites is 2. The van der Waals surface area contributed by atoms with Gasteiger partial charge in [0.15, 0.2) is 9.84 Å². The van der Waals surface area contributed by atoms with Crippen LogP contribution in [0.4, 0.5) is 5.69 Å². The van der Waals surface area contributed by atoms with Gasteiger partial charge >= 0.3 is 0 Å². The largest absolute Gasteiger partial charge is 0.492 e. The molecule has 30 heavy (non-hydrogen) atoms.